The molecule has 134 valence electrons. The maximum absolute atomic E-state index is 6.37. The third-order valence-corrected chi connectivity index (χ3v) is 5.04. The number of rotatable bonds is 2. The summed E-state index contributed by atoms with van der Waals surface area (Å²) in [5.74, 6) is 7.49. The number of hydrogen-bond donors (Lipinski definition) is 0. The molecule has 0 saturated heterocycles. The fraction of sp³-hybridized carbons (Fsp3) is 0.167. The highest BCUT2D eigenvalue weighted by Gasteiger charge is 2.38. The lowest BCUT2D eigenvalue weighted by atomic mass is 9.81. The van der Waals surface area contributed by atoms with Crippen LogP contribution in [0.15, 0.2) is 72.8 Å². The zero-order valence-electron chi connectivity index (χ0n) is 15.0. The normalized spacial score (nSPS) is 18.1. The summed E-state index contributed by atoms with van der Waals surface area (Å²) in [6, 6.07) is 23.8. The number of benzene rings is 3. The average molecular weight is 375 g/mol. The lowest BCUT2D eigenvalue weighted by molar-refractivity contribution is 0.0160. The van der Waals surface area contributed by atoms with Gasteiger partial charge in [0, 0.05) is 21.7 Å². The molecule has 0 N–H and O–H groups in total. The second-order valence-corrected chi connectivity index (χ2v) is 6.86. The summed E-state index contributed by atoms with van der Waals surface area (Å²) in [6.07, 6.45) is 0.879. The minimum atomic E-state index is -0.830. The number of methoxy groups -OCH3 is 1. The summed E-state index contributed by atoms with van der Waals surface area (Å²) in [5, 5.41) is 0.697. The van der Waals surface area contributed by atoms with Crippen LogP contribution < -0.4 is 4.74 Å². The molecular formula is C24H19ClO2. The van der Waals surface area contributed by atoms with Gasteiger partial charge in [-0.1, -0.05) is 59.8 Å². The maximum atomic E-state index is 6.37. The van der Waals surface area contributed by atoms with Gasteiger partial charge in [0.15, 0.2) is 5.60 Å². The monoisotopic (exact) mass is 374 g/mol. The third-order valence-electron chi connectivity index (χ3n) is 4.79. The first-order chi connectivity index (χ1) is 13.2. The molecule has 1 atom stereocenters. The largest absolute Gasteiger partial charge is 0.497 e. The lowest BCUT2D eigenvalue weighted by Crippen LogP contribution is -2.35. The predicted octanol–water partition coefficient (Wildman–Crippen LogP) is 5.22. The van der Waals surface area contributed by atoms with Gasteiger partial charge in [-0.3, -0.25) is 0 Å². The minimum absolute atomic E-state index is 0.615. The molecular weight excluding hydrogens is 356 g/mol. The minimum Gasteiger partial charge on any atom is -0.497 e. The molecule has 4 rings (SSSR count). The molecule has 0 spiro atoms. The molecule has 0 aromatic heterocycles. The first-order valence-electron chi connectivity index (χ1n) is 8.87. The van der Waals surface area contributed by atoms with E-state index in [9.17, 15) is 0 Å². The van der Waals surface area contributed by atoms with Gasteiger partial charge in [-0.2, -0.15) is 0 Å². The first-order valence-corrected chi connectivity index (χ1v) is 9.25. The first kappa shape index (κ1) is 17.7. The Balaban J connectivity index is 1.90. The Morgan fingerprint density at radius 1 is 1.00 bits per heavy atom. The van der Waals surface area contributed by atoms with Crippen LogP contribution in [-0.4, -0.2) is 13.7 Å². The predicted molar refractivity (Wildman–Crippen MR) is 108 cm³/mol. The van der Waals surface area contributed by atoms with Crippen molar-refractivity contribution in [3.8, 4) is 17.6 Å². The molecule has 0 bridgehead atoms. The Kier molecular flexibility index (Phi) is 4.90. The fourth-order valence-corrected chi connectivity index (χ4v) is 3.55. The van der Waals surface area contributed by atoms with Crippen LogP contribution in [0.5, 0.6) is 5.75 Å². The summed E-state index contributed by atoms with van der Waals surface area (Å²) in [7, 11) is 1.67. The molecule has 0 unspecified atom stereocenters. The van der Waals surface area contributed by atoms with Gasteiger partial charge < -0.3 is 9.47 Å². The van der Waals surface area contributed by atoms with Crippen LogP contribution in [-0.2, 0) is 16.8 Å². The van der Waals surface area contributed by atoms with Crippen LogP contribution in [0.25, 0.3) is 0 Å². The van der Waals surface area contributed by atoms with E-state index < -0.39 is 5.60 Å². The Bertz CT molecular complexity index is 1010. The molecule has 0 saturated carbocycles. The van der Waals surface area contributed by atoms with E-state index >= 15 is 0 Å². The van der Waals surface area contributed by atoms with Crippen LogP contribution in [0.4, 0.5) is 0 Å². The standard InChI is InChI=1S/C24H19ClO2/c1-26-22-7-4-6-20(17-22)24(15-13-18-9-11-21(25)12-10-18)23-8-3-2-5-19(23)14-16-27-24/h2-12,17H,14,16H2,1H3/t24-/m0/s1. The number of hydrogen-bond acceptors (Lipinski definition) is 2. The van der Waals surface area contributed by atoms with Crippen molar-refractivity contribution in [1.82, 2.24) is 0 Å². The van der Waals surface area contributed by atoms with Crippen molar-refractivity contribution >= 4 is 11.6 Å². The van der Waals surface area contributed by atoms with Crippen molar-refractivity contribution in [2.75, 3.05) is 13.7 Å². The van der Waals surface area contributed by atoms with Gasteiger partial charge in [0.1, 0.15) is 5.75 Å². The average Bonchev–Trinajstić information content (AvgIpc) is 2.73. The highest BCUT2D eigenvalue weighted by molar-refractivity contribution is 6.30. The topological polar surface area (TPSA) is 18.5 Å². The number of halogens is 1. The van der Waals surface area contributed by atoms with Crippen LogP contribution in [0.3, 0.4) is 0 Å². The molecule has 3 aromatic carbocycles. The van der Waals surface area contributed by atoms with Crippen molar-refractivity contribution in [2.45, 2.75) is 12.0 Å². The summed E-state index contributed by atoms with van der Waals surface area (Å²) in [5.41, 5.74) is 3.38. The molecule has 0 fully saturated rings. The molecule has 2 nitrogen and oxygen atoms in total. The van der Waals surface area contributed by atoms with E-state index in [1.54, 1.807) is 7.11 Å². The quantitative estimate of drug-likeness (QED) is 0.573. The summed E-state index contributed by atoms with van der Waals surface area (Å²) < 4.78 is 11.8. The van der Waals surface area contributed by atoms with Crippen molar-refractivity contribution in [3.63, 3.8) is 0 Å². The Morgan fingerprint density at radius 3 is 2.63 bits per heavy atom. The van der Waals surface area contributed by atoms with Crippen molar-refractivity contribution in [1.29, 1.82) is 0 Å². The second kappa shape index (κ2) is 7.48. The van der Waals surface area contributed by atoms with Gasteiger partial charge in [0.05, 0.1) is 13.7 Å². The Morgan fingerprint density at radius 2 is 1.81 bits per heavy atom. The van der Waals surface area contributed by atoms with E-state index in [0.29, 0.717) is 11.6 Å². The van der Waals surface area contributed by atoms with Gasteiger partial charge in [0.2, 0.25) is 0 Å². The smallest absolute Gasteiger partial charge is 0.180 e. The third kappa shape index (κ3) is 3.45. The molecule has 0 aliphatic carbocycles. The summed E-state index contributed by atoms with van der Waals surface area (Å²) >= 11 is 6.00. The molecule has 27 heavy (non-hydrogen) atoms. The van der Waals surface area contributed by atoms with Crippen molar-refractivity contribution < 1.29 is 9.47 Å². The van der Waals surface area contributed by atoms with Gasteiger partial charge in [-0.05, 0) is 48.4 Å². The fourth-order valence-electron chi connectivity index (χ4n) is 3.42. The number of ether oxygens (including phenoxy) is 2. The van der Waals surface area contributed by atoms with Crippen molar-refractivity contribution in [3.05, 3.63) is 100 Å². The Hall–Kier alpha value is -2.73. The van der Waals surface area contributed by atoms with E-state index in [-0.39, 0.29) is 0 Å². The van der Waals surface area contributed by atoms with Crippen LogP contribution in [0.2, 0.25) is 5.02 Å². The van der Waals surface area contributed by atoms with E-state index in [4.69, 9.17) is 21.1 Å². The van der Waals surface area contributed by atoms with Gasteiger partial charge >= 0.3 is 0 Å². The van der Waals surface area contributed by atoms with Crippen LogP contribution in [0, 0.1) is 11.8 Å². The molecule has 0 radical (unpaired) electrons. The maximum Gasteiger partial charge on any atom is 0.180 e. The van der Waals surface area contributed by atoms with Crippen LogP contribution >= 0.6 is 11.6 Å². The van der Waals surface area contributed by atoms with Gasteiger partial charge in [0.25, 0.3) is 0 Å². The summed E-state index contributed by atoms with van der Waals surface area (Å²) in [4.78, 5) is 0. The number of fused-ring (bicyclic) bond motifs is 1. The molecule has 3 aromatic rings. The Labute approximate surface area is 164 Å². The van der Waals surface area contributed by atoms with Crippen LogP contribution in [0.1, 0.15) is 22.3 Å². The highest BCUT2D eigenvalue weighted by Crippen LogP contribution is 2.39. The van der Waals surface area contributed by atoms with Crippen molar-refractivity contribution in [2.24, 2.45) is 0 Å². The second-order valence-electron chi connectivity index (χ2n) is 6.43. The van der Waals surface area contributed by atoms with E-state index in [2.05, 4.69) is 30.0 Å². The van der Waals surface area contributed by atoms with Gasteiger partial charge in [-0.25, -0.2) is 0 Å². The van der Waals surface area contributed by atoms with E-state index in [1.165, 1.54) is 5.56 Å². The lowest BCUT2D eigenvalue weighted by Gasteiger charge is -2.35. The SMILES string of the molecule is COc1cccc([C@]2(C#Cc3ccc(Cl)cc3)OCCc3ccccc32)c1. The zero-order valence-corrected chi connectivity index (χ0v) is 15.8. The van der Waals surface area contributed by atoms with Gasteiger partial charge in [-0.15, -0.1) is 0 Å². The molecule has 3 heteroatoms. The molecule has 1 aliphatic heterocycles. The van der Waals surface area contributed by atoms with E-state index in [0.717, 1.165) is 28.9 Å². The molecule has 0 amide bonds. The molecule has 1 heterocycles. The highest BCUT2D eigenvalue weighted by atomic mass is 35.5. The summed E-state index contributed by atoms with van der Waals surface area (Å²) in [6.45, 7) is 0.615. The zero-order chi connectivity index (χ0) is 18.7. The van der Waals surface area contributed by atoms with E-state index in [1.807, 2.05) is 54.6 Å². The molecule has 1 aliphatic rings.